The largest absolute Gasteiger partial charge is 0.497 e. The predicted octanol–water partition coefficient (Wildman–Crippen LogP) is 3.37. The molecule has 1 aromatic rings. The fraction of sp³-hybridized carbons (Fsp3) is 0.654. The molecule has 2 fully saturated rings. The number of carbonyl (C=O) groups excluding carboxylic acids is 1. The lowest BCUT2D eigenvalue weighted by Crippen LogP contribution is -2.77. The Hall–Kier alpha value is -2.05. The second-order valence-electron chi connectivity index (χ2n) is 9.95. The Balaban J connectivity index is 0.00000245. The number of rotatable bonds is 4. The summed E-state index contributed by atoms with van der Waals surface area (Å²) < 4.78 is 11.1. The van der Waals surface area contributed by atoms with Crippen LogP contribution in [0.2, 0.25) is 0 Å². The Bertz CT molecular complexity index is 948. The smallest absolute Gasteiger partial charge is 0.302 e. The Labute approximate surface area is 192 Å². The first-order valence-corrected chi connectivity index (χ1v) is 11.4. The van der Waals surface area contributed by atoms with Crippen molar-refractivity contribution in [1.82, 2.24) is 4.90 Å². The molecule has 1 spiro atoms. The standard InChI is InChI=1S/C25H34N2O4.CH4/c1-6-23-10-7-12-27-13-11-24(21(23)27)19-9-8-18(30-5)14-20(19)26(4)22(24)25(29,16(23)2)15-31-17(3)28;/h7-10,14,16,21-22,29H,6,11-13,15H2,1-5H3;1H4/t16-,21?,22-,23+,24-,25-;/m1./s1. The van der Waals surface area contributed by atoms with Crippen molar-refractivity contribution in [3.8, 4) is 5.75 Å². The minimum Gasteiger partial charge on any atom is -0.497 e. The van der Waals surface area contributed by atoms with Crippen molar-refractivity contribution in [3.63, 3.8) is 0 Å². The van der Waals surface area contributed by atoms with Crippen LogP contribution in [-0.2, 0) is 14.9 Å². The van der Waals surface area contributed by atoms with Gasteiger partial charge in [-0.1, -0.05) is 39.5 Å². The number of carbonyl (C=O) groups is 1. The van der Waals surface area contributed by atoms with Gasteiger partial charge in [0.15, 0.2) is 0 Å². The summed E-state index contributed by atoms with van der Waals surface area (Å²) in [6.07, 6.45) is 6.54. The fourth-order valence-corrected chi connectivity index (χ4v) is 7.86. The molecule has 6 atom stereocenters. The van der Waals surface area contributed by atoms with Gasteiger partial charge in [-0.05, 0) is 31.0 Å². The van der Waals surface area contributed by atoms with Crippen molar-refractivity contribution in [2.75, 3.05) is 38.8 Å². The summed E-state index contributed by atoms with van der Waals surface area (Å²) in [5.74, 6) is 0.384. The van der Waals surface area contributed by atoms with Crippen LogP contribution in [0.3, 0.4) is 0 Å². The summed E-state index contributed by atoms with van der Waals surface area (Å²) in [6, 6.07) is 6.45. The zero-order chi connectivity index (χ0) is 22.2. The van der Waals surface area contributed by atoms with Crippen LogP contribution in [0, 0.1) is 11.3 Å². The van der Waals surface area contributed by atoms with Gasteiger partial charge >= 0.3 is 5.97 Å². The SMILES string of the molecule is C.CC[C@]12C=CCN3CC[C@@]4(c5ccc(OC)cc5N(C)[C@H]4[C@@](O)(COC(C)=O)[C@@H]1C)C32. The minimum absolute atomic E-state index is 0. The number of nitrogens with zero attached hydrogens (tertiary/aromatic N) is 2. The lowest BCUT2D eigenvalue weighted by molar-refractivity contribution is -0.188. The second-order valence-corrected chi connectivity index (χ2v) is 9.95. The van der Waals surface area contributed by atoms with E-state index in [-0.39, 0.29) is 42.8 Å². The molecule has 0 amide bonds. The van der Waals surface area contributed by atoms with E-state index in [1.807, 2.05) is 6.07 Å². The normalized spacial score (nSPS) is 39.1. The first-order valence-electron chi connectivity index (χ1n) is 11.4. The summed E-state index contributed by atoms with van der Waals surface area (Å²) in [4.78, 5) is 16.7. The minimum atomic E-state index is -1.18. The molecular formula is C26H38N2O4. The Morgan fingerprint density at radius 1 is 1.31 bits per heavy atom. The van der Waals surface area contributed by atoms with Crippen molar-refractivity contribution in [3.05, 3.63) is 35.9 Å². The second kappa shape index (κ2) is 7.49. The number of benzene rings is 1. The van der Waals surface area contributed by atoms with Crippen LogP contribution in [0.5, 0.6) is 5.75 Å². The third-order valence-corrected chi connectivity index (χ3v) is 9.05. The van der Waals surface area contributed by atoms with Crippen molar-refractivity contribution in [2.24, 2.45) is 11.3 Å². The summed E-state index contributed by atoms with van der Waals surface area (Å²) in [6.45, 7) is 7.76. The van der Waals surface area contributed by atoms with Crippen LogP contribution in [0.15, 0.2) is 30.4 Å². The molecule has 3 aliphatic heterocycles. The van der Waals surface area contributed by atoms with Gasteiger partial charge in [-0.3, -0.25) is 9.69 Å². The van der Waals surface area contributed by atoms with Crippen LogP contribution in [0.4, 0.5) is 5.69 Å². The molecule has 6 heteroatoms. The molecule has 1 saturated heterocycles. The molecule has 1 unspecified atom stereocenters. The Morgan fingerprint density at radius 2 is 2.06 bits per heavy atom. The van der Waals surface area contributed by atoms with Gasteiger partial charge in [-0.25, -0.2) is 0 Å². The molecule has 0 bridgehead atoms. The van der Waals surface area contributed by atoms with Gasteiger partial charge in [0.1, 0.15) is 18.0 Å². The number of likely N-dealkylation sites (N-methyl/N-ethyl adjacent to an activating group) is 1. The maximum absolute atomic E-state index is 12.5. The van der Waals surface area contributed by atoms with E-state index in [2.05, 4.69) is 55.0 Å². The molecule has 5 rings (SSSR count). The molecule has 176 valence electrons. The van der Waals surface area contributed by atoms with Crippen LogP contribution >= 0.6 is 0 Å². The Kier molecular flexibility index (Phi) is 5.41. The Morgan fingerprint density at radius 3 is 2.72 bits per heavy atom. The van der Waals surface area contributed by atoms with Gasteiger partial charge in [-0.15, -0.1) is 0 Å². The molecule has 1 aromatic carbocycles. The topological polar surface area (TPSA) is 62.2 Å². The van der Waals surface area contributed by atoms with Crippen molar-refractivity contribution in [1.29, 1.82) is 0 Å². The van der Waals surface area contributed by atoms with Crippen molar-refractivity contribution in [2.45, 2.75) is 64.1 Å². The first-order chi connectivity index (χ1) is 14.8. The summed E-state index contributed by atoms with van der Waals surface area (Å²) in [5.41, 5.74) is 0.786. The summed E-state index contributed by atoms with van der Waals surface area (Å²) in [5, 5.41) is 12.5. The zero-order valence-electron chi connectivity index (χ0n) is 19.2. The molecule has 0 aromatic heterocycles. The van der Waals surface area contributed by atoms with Gasteiger partial charge in [0.05, 0.1) is 13.2 Å². The van der Waals surface area contributed by atoms with Gasteiger partial charge in [-0.2, -0.15) is 0 Å². The number of hydrogen-bond donors (Lipinski definition) is 1. The van der Waals surface area contributed by atoms with E-state index in [4.69, 9.17) is 9.47 Å². The van der Waals surface area contributed by atoms with Crippen LogP contribution in [0.25, 0.3) is 0 Å². The third-order valence-electron chi connectivity index (χ3n) is 9.05. The average molecular weight is 443 g/mol. The highest BCUT2D eigenvalue weighted by Gasteiger charge is 2.75. The van der Waals surface area contributed by atoms with Gasteiger partial charge < -0.3 is 19.5 Å². The lowest BCUT2D eigenvalue weighted by Gasteiger charge is -2.65. The number of hydrogen-bond acceptors (Lipinski definition) is 6. The van der Waals surface area contributed by atoms with Crippen LogP contribution in [-0.4, -0.2) is 67.5 Å². The van der Waals surface area contributed by atoms with Gasteiger partial charge in [0.2, 0.25) is 0 Å². The monoisotopic (exact) mass is 442 g/mol. The number of fused-ring (bicyclic) bond motifs is 1. The number of ether oxygens (including phenoxy) is 2. The van der Waals surface area contributed by atoms with E-state index in [0.717, 1.165) is 37.4 Å². The first kappa shape index (κ1) is 23.1. The van der Waals surface area contributed by atoms with Crippen LogP contribution < -0.4 is 9.64 Å². The molecule has 6 nitrogen and oxygen atoms in total. The molecular weight excluding hydrogens is 404 g/mol. The average Bonchev–Trinajstić information content (AvgIpc) is 3.28. The van der Waals surface area contributed by atoms with Crippen molar-refractivity contribution < 1.29 is 19.4 Å². The highest BCUT2D eigenvalue weighted by atomic mass is 16.5. The fourth-order valence-electron chi connectivity index (χ4n) is 7.86. The molecule has 4 aliphatic rings. The highest BCUT2D eigenvalue weighted by Crippen LogP contribution is 2.68. The molecule has 1 N–H and O–H groups in total. The van der Waals surface area contributed by atoms with Gasteiger partial charge in [0.25, 0.3) is 0 Å². The molecule has 1 aliphatic carbocycles. The molecule has 32 heavy (non-hydrogen) atoms. The predicted molar refractivity (Wildman–Crippen MR) is 126 cm³/mol. The lowest BCUT2D eigenvalue weighted by atomic mass is 9.45. The zero-order valence-corrected chi connectivity index (χ0v) is 19.2. The molecule has 0 radical (unpaired) electrons. The summed E-state index contributed by atoms with van der Waals surface area (Å²) in [7, 11) is 3.76. The van der Waals surface area contributed by atoms with E-state index in [9.17, 15) is 9.90 Å². The molecule has 1 saturated carbocycles. The summed E-state index contributed by atoms with van der Waals surface area (Å²) >= 11 is 0. The van der Waals surface area contributed by atoms with E-state index in [1.54, 1.807) is 7.11 Å². The number of esters is 1. The maximum Gasteiger partial charge on any atom is 0.302 e. The van der Waals surface area contributed by atoms with Gasteiger partial charge in [0, 0.05) is 55.1 Å². The maximum atomic E-state index is 12.5. The van der Waals surface area contributed by atoms with Crippen LogP contribution in [0.1, 0.15) is 46.6 Å². The van der Waals surface area contributed by atoms with Crippen molar-refractivity contribution >= 4 is 11.7 Å². The van der Waals surface area contributed by atoms with E-state index in [0.29, 0.717) is 6.04 Å². The quantitative estimate of drug-likeness (QED) is 0.570. The number of methoxy groups -OCH3 is 1. The third kappa shape index (κ3) is 2.57. The highest BCUT2D eigenvalue weighted by molar-refractivity contribution is 5.70. The number of anilines is 1. The van der Waals surface area contributed by atoms with E-state index in [1.165, 1.54) is 12.5 Å². The van der Waals surface area contributed by atoms with E-state index < -0.39 is 5.60 Å². The number of aliphatic hydroxyl groups is 1. The molecule has 3 heterocycles. The van der Waals surface area contributed by atoms with E-state index >= 15 is 0 Å².